The number of hydrogen-bond acceptors (Lipinski definition) is 5. The van der Waals surface area contributed by atoms with Crippen molar-refractivity contribution in [3.63, 3.8) is 0 Å². The molecule has 2 atom stereocenters. The highest BCUT2D eigenvalue weighted by Crippen LogP contribution is 2.29. The summed E-state index contributed by atoms with van der Waals surface area (Å²) in [5.41, 5.74) is 5.47. The van der Waals surface area contributed by atoms with Crippen molar-refractivity contribution in [2.45, 2.75) is 24.3 Å². The molecule has 2 N–H and O–H groups in total. The van der Waals surface area contributed by atoms with E-state index in [-0.39, 0.29) is 22.5 Å². The number of nitro groups is 1. The normalized spacial score (nSPS) is 23.9. The van der Waals surface area contributed by atoms with Gasteiger partial charge in [-0.3, -0.25) is 10.1 Å². The minimum atomic E-state index is -3.62. The van der Waals surface area contributed by atoms with Crippen LogP contribution in [0.15, 0.2) is 29.2 Å². The first-order valence-electron chi connectivity index (χ1n) is 6.32. The maximum Gasteiger partial charge on any atom is 0.269 e. The fourth-order valence-corrected chi connectivity index (χ4v) is 4.21. The smallest absolute Gasteiger partial charge is 0.269 e. The van der Waals surface area contributed by atoms with Crippen molar-refractivity contribution in [3.05, 3.63) is 34.4 Å². The fourth-order valence-electron chi connectivity index (χ4n) is 2.49. The molecule has 0 aromatic heterocycles. The number of non-ortho nitro benzene ring substituents is 1. The molecule has 1 aromatic carbocycles. The Morgan fingerprint density at radius 3 is 2.45 bits per heavy atom. The molecule has 0 radical (unpaired) electrons. The van der Waals surface area contributed by atoms with Crippen molar-refractivity contribution >= 4 is 15.7 Å². The van der Waals surface area contributed by atoms with Gasteiger partial charge in [0.1, 0.15) is 0 Å². The quantitative estimate of drug-likeness (QED) is 0.658. The van der Waals surface area contributed by atoms with Crippen LogP contribution in [-0.2, 0) is 10.0 Å². The van der Waals surface area contributed by atoms with Gasteiger partial charge >= 0.3 is 0 Å². The SMILES string of the molecule is C[C@@H]1C[C@@H](CN)CN1S(=O)(=O)c1ccc([N+](=O)[O-])cc1. The van der Waals surface area contributed by atoms with Gasteiger partial charge in [0.05, 0.1) is 9.82 Å². The van der Waals surface area contributed by atoms with E-state index in [4.69, 9.17) is 5.73 Å². The van der Waals surface area contributed by atoms with Crippen LogP contribution in [0.1, 0.15) is 13.3 Å². The summed E-state index contributed by atoms with van der Waals surface area (Å²) in [6, 6.07) is 4.84. The minimum absolute atomic E-state index is 0.0765. The summed E-state index contributed by atoms with van der Waals surface area (Å²) < 4.78 is 26.4. The lowest BCUT2D eigenvalue weighted by molar-refractivity contribution is -0.384. The molecule has 1 aliphatic heterocycles. The highest BCUT2D eigenvalue weighted by atomic mass is 32.2. The zero-order valence-electron chi connectivity index (χ0n) is 11.1. The number of nitrogens with two attached hydrogens (primary N) is 1. The number of nitrogens with zero attached hydrogens (tertiary/aromatic N) is 2. The summed E-state index contributed by atoms with van der Waals surface area (Å²) in [7, 11) is -3.62. The third kappa shape index (κ3) is 2.67. The second kappa shape index (κ2) is 5.47. The van der Waals surface area contributed by atoms with Crippen LogP contribution in [0.4, 0.5) is 5.69 Å². The van der Waals surface area contributed by atoms with E-state index in [1.54, 1.807) is 0 Å². The summed E-state index contributed by atoms with van der Waals surface area (Å²) >= 11 is 0. The molecule has 7 nitrogen and oxygen atoms in total. The Kier molecular flexibility index (Phi) is 4.07. The number of rotatable bonds is 4. The Bertz CT molecular complexity index is 600. The van der Waals surface area contributed by atoms with Crippen LogP contribution in [-0.4, -0.2) is 36.8 Å². The highest BCUT2D eigenvalue weighted by molar-refractivity contribution is 7.89. The van der Waals surface area contributed by atoms with Crippen LogP contribution in [0.3, 0.4) is 0 Å². The fraction of sp³-hybridized carbons (Fsp3) is 0.500. The summed E-state index contributed by atoms with van der Waals surface area (Å²) in [4.78, 5) is 10.1. The van der Waals surface area contributed by atoms with Gasteiger partial charge in [0.15, 0.2) is 0 Å². The molecule has 0 saturated carbocycles. The lowest BCUT2D eigenvalue weighted by atomic mass is 10.1. The summed E-state index contributed by atoms with van der Waals surface area (Å²) in [6.07, 6.45) is 0.739. The van der Waals surface area contributed by atoms with Crippen molar-refractivity contribution in [3.8, 4) is 0 Å². The van der Waals surface area contributed by atoms with Crippen LogP contribution in [0.25, 0.3) is 0 Å². The minimum Gasteiger partial charge on any atom is -0.330 e. The average molecular weight is 299 g/mol. The van der Waals surface area contributed by atoms with Gasteiger partial charge < -0.3 is 5.73 Å². The lowest BCUT2D eigenvalue weighted by Crippen LogP contribution is -2.34. The molecule has 1 heterocycles. The number of sulfonamides is 1. The number of hydrogen-bond donors (Lipinski definition) is 1. The van der Waals surface area contributed by atoms with Gasteiger partial charge in [-0.25, -0.2) is 8.42 Å². The number of nitro benzene ring substituents is 1. The molecule has 0 spiro atoms. The molecule has 0 bridgehead atoms. The van der Waals surface area contributed by atoms with Crippen molar-refractivity contribution in [2.24, 2.45) is 11.7 Å². The highest BCUT2D eigenvalue weighted by Gasteiger charge is 2.37. The van der Waals surface area contributed by atoms with Crippen molar-refractivity contribution < 1.29 is 13.3 Å². The van der Waals surface area contributed by atoms with E-state index in [0.29, 0.717) is 13.1 Å². The lowest BCUT2D eigenvalue weighted by Gasteiger charge is -2.20. The maximum atomic E-state index is 12.5. The zero-order chi connectivity index (χ0) is 14.9. The standard InChI is InChI=1S/C12H17N3O4S/c1-9-6-10(7-13)8-14(9)20(18,19)12-4-2-11(3-5-12)15(16)17/h2-5,9-10H,6-8,13H2,1H3/t9-,10+/m1/s1. The predicted molar refractivity (Wildman–Crippen MR) is 73.6 cm³/mol. The molecule has 1 fully saturated rings. The van der Waals surface area contributed by atoms with E-state index in [1.807, 2.05) is 6.92 Å². The van der Waals surface area contributed by atoms with Gasteiger partial charge in [-0.1, -0.05) is 0 Å². The van der Waals surface area contributed by atoms with Crippen LogP contribution in [0, 0.1) is 16.0 Å². The van der Waals surface area contributed by atoms with E-state index in [0.717, 1.165) is 6.42 Å². The molecule has 0 unspecified atom stereocenters. The second-order valence-corrected chi connectivity index (χ2v) is 6.90. The molecule has 110 valence electrons. The second-order valence-electron chi connectivity index (χ2n) is 5.01. The van der Waals surface area contributed by atoms with Gasteiger partial charge in [-0.05, 0) is 37.9 Å². The van der Waals surface area contributed by atoms with Crippen molar-refractivity contribution in [1.29, 1.82) is 0 Å². The van der Waals surface area contributed by atoms with Gasteiger partial charge in [0, 0.05) is 24.7 Å². The van der Waals surface area contributed by atoms with E-state index in [1.165, 1.54) is 28.6 Å². The predicted octanol–water partition coefficient (Wildman–Crippen LogP) is 0.953. The molecule has 1 aliphatic rings. The first-order valence-corrected chi connectivity index (χ1v) is 7.76. The third-order valence-corrected chi connectivity index (χ3v) is 5.59. The molecule has 1 aromatic rings. The first-order chi connectivity index (χ1) is 9.36. The Hall–Kier alpha value is -1.51. The van der Waals surface area contributed by atoms with Crippen molar-refractivity contribution in [1.82, 2.24) is 4.31 Å². The maximum absolute atomic E-state index is 12.5. The van der Waals surface area contributed by atoms with Crippen molar-refractivity contribution in [2.75, 3.05) is 13.1 Å². The molecule has 0 amide bonds. The molecule has 1 saturated heterocycles. The molecule has 0 aliphatic carbocycles. The van der Waals surface area contributed by atoms with E-state index in [2.05, 4.69) is 0 Å². The first kappa shape index (κ1) is 14.9. The largest absolute Gasteiger partial charge is 0.330 e. The van der Waals surface area contributed by atoms with Gasteiger partial charge in [0.2, 0.25) is 10.0 Å². The van der Waals surface area contributed by atoms with E-state index < -0.39 is 14.9 Å². The van der Waals surface area contributed by atoms with E-state index >= 15 is 0 Å². The van der Waals surface area contributed by atoms with Crippen LogP contribution in [0.2, 0.25) is 0 Å². The Balaban J connectivity index is 2.28. The van der Waals surface area contributed by atoms with Gasteiger partial charge in [-0.15, -0.1) is 0 Å². The van der Waals surface area contributed by atoms with Crippen LogP contribution >= 0.6 is 0 Å². The Morgan fingerprint density at radius 2 is 2.00 bits per heavy atom. The summed E-state index contributed by atoms with van der Waals surface area (Å²) in [6.45, 7) is 2.70. The molecule has 2 rings (SSSR count). The van der Waals surface area contributed by atoms with Gasteiger partial charge in [-0.2, -0.15) is 4.31 Å². The van der Waals surface area contributed by atoms with Crippen LogP contribution in [0.5, 0.6) is 0 Å². The molecular weight excluding hydrogens is 282 g/mol. The molecule has 20 heavy (non-hydrogen) atoms. The average Bonchev–Trinajstić information content (AvgIpc) is 2.81. The Labute approximate surface area is 117 Å². The van der Waals surface area contributed by atoms with Crippen LogP contribution < -0.4 is 5.73 Å². The van der Waals surface area contributed by atoms with Gasteiger partial charge in [0.25, 0.3) is 5.69 Å². The topological polar surface area (TPSA) is 107 Å². The zero-order valence-corrected chi connectivity index (χ0v) is 11.9. The summed E-state index contributed by atoms with van der Waals surface area (Å²) in [5.74, 6) is 0.165. The third-order valence-electron chi connectivity index (χ3n) is 3.59. The van der Waals surface area contributed by atoms with E-state index in [9.17, 15) is 18.5 Å². The molecular formula is C12H17N3O4S. The molecule has 8 heteroatoms. The summed E-state index contributed by atoms with van der Waals surface area (Å²) in [5, 5.41) is 10.6. The monoisotopic (exact) mass is 299 g/mol. The Morgan fingerprint density at radius 1 is 1.40 bits per heavy atom. The number of benzene rings is 1.